The molecular weight excluding hydrogens is 380 g/mol. The summed E-state index contributed by atoms with van der Waals surface area (Å²) in [6, 6.07) is 5.61. The van der Waals surface area contributed by atoms with Gasteiger partial charge in [0.25, 0.3) is 0 Å². The molecule has 110 valence electrons. The molecule has 2 rings (SSSR count). The maximum atomic E-state index is 12.2. The Bertz CT molecular complexity index is 691. The molecule has 0 aliphatic heterocycles. The molecule has 2 aromatic rings. The summed E-state index contributed by atoms with van der Waals surface area (Å²) in [6.07, 6.45) is 0.683. The maximum absolute atomic E-state index is 12.2. The number of halogens is 1. The van der Waals surface area contributed by atoms with Gasteiger partial charge >= 0.3 is 0 Å². The van der Waals surface area contributed by atoms with Crippen molar-refractivity contribution in [3.8, 4) is 0 Å². The highest BCUT2D eigenvalue weighted by Gasteiger charge is 2.19. The van der Waals surface area contributed by atoms with E-state index in [-0.39, 0.29) is 0 Å². The molecule has 0 saturated heterocycles. The lowest BCUT2D eigenvalue weighted by Gasteiger charge is -2.05. The molecule has 0 bridgehead atoms. The lowest BCUT2D eigenvalue weighted by molar-refractivity contribution is 0.581. The van der Waals surface area contributed by atoms with Crippen molar-refractivity contribution in [3.63, 3.8) is 0 Å². The van der Waals surface area contributed by atoms with E-state index < -0.39 is 10.0 Å². The van der Waals surface area contributed by atoms with Crippen molar-refractivity contribution in [1.82, 2.24) is 4.72 Å². The summed E-state index contributed by atoms with van der Waals surface area (Å²) in [5.41, 5.74) is 5.55. The summed E-state index contributed by atoms with van der Waals surface area (Å²) in [4.78, 5) is 3.14. The molecule has 0 fully saturated rings. The van der Waals surface area contributed by atoms with Crippen LogP contribution in [0.1, 0.15) is 14.6 Å². The first kappa shape index (κ1) is 16.1. The predicted octanol–water partition coefficient (Wildman–Crippen LogP) is 2.86. The third-order valence-corrected chi connectivity index (χ3v) is 7.18. The topological polar surface area (TPSA) is 72.2 Å². The SMILES string of the molecule is Cc1sc(CN)cc1S(=O)(=O)NCCc1ccc(Br)s1. The minimum atomic E-state index is -3.45. The van der Waals surface area contributed by atoms with E-state index in [9.17, 15) is 8.42 Å². The van der Waals surface area contributed by atoms with E-state index in [1.165, 1.54) is 11.3 Å². The molecule has 0 amide bonds. The number of rotatable bonds is 6. The Balaban J connectivity index is 2.01. The van der Waals surface area contributed by atoms with E-state index in [1.807, 2.05) is 12.1 Å². The minimum absolute atomic E-state index is 0.343. The standard InChI is InChI=1S/C12H15BrN2O2S3/c1-8-11(6-10(7-14)18-8)20(16,17)15-5-4-9-2-3-12(13)19-9/h2-3,6,15H,4-5,7,14H2,1H3. The first-order chi connectivity index (χ1) is 9.42. The van der Waals surface area contributed by atoms with E-state index in [2.05, 4.69) is 20.7 Å². The highest BCUT2D eigenvalue weighted by atomic mass is 79.9. The number of sulfonamides is 1. The second-order valence-electron chi connectivity index (χ2n) is 4.19. The number of aryl methyl sites for hydroxylation is 1. The predicted molar refractivity (Wildman–Crippen MR) is 87.9 cm³/mol. The van der Waals surface area contributed by atoms with Gasteiger partial charge in [0.15, 0.2) is 0 Å². The van der Waals surface area contributed by atoms with Crippen LogP contribution >= 0.6 is 38.6 Å². The van der Waals surface area contributed by atoms with Gasteiger partial charge in [-0.25, -0.2) is 13.1 Å². The Morgan fingerprint density at radius 3 is 2.60 bits per heavy atom. The fourth-order valence-corrected chi connectivity index (χ4v) is 5.79. The van der Waals surface area contributed by atoms with Gasteiger partial charge in [0, 0.05) is 27.7 Å². The van der Waals surface area contributed by atoms with Gasteiger partial charge in [-0.1, -0.05) is 0 Å². The number of nitrogens with two attached hydrogens (primary N) is 1. The summed E-state index contributed by atoms with van der Waals surface area (Å²) >= 11 is 6.43. The Kier molecular flexibility index (Phi) is 5.38. The molecule has 8 heteroatoms. The van der Waals surface area contributed by atoms with Crippen molar-refractivity contribution in [2.45, 2.75) is 24.8 Å². The molecule has 0 saturated carbocycles. The third-order valence-electron chi connectivity index (χ3n) is 2.71. The van der Waals surface area contributed by atoms with Crippen molar-refractivity contribution >= 4 is 48.6 Å². The number of thiophene rings is 2. The monoisotopic (exact) mass is 394 g/mol. The van der Waals surface area contributed by atoms with Crippen LogP contribution in [0.2, 0.25) is 0 Å². The number of hydrogen-bond acceptors (Lipinski definition) is 5. The van der Waals surface area contributed by atoms with E-state index in [1.54, 1.807) is 24.3 Å². The summed E-state index contributed by atoms with van der Waals surface area (Å²) < 4.78 is 28.1. The van der Waals surface area contributed by atoms with Crippen LogP contribution in [0.25, 0.3) is 0 Å². The largest absolute Gasteiger partial charge is 0.326 e. The van der Waals surface area contributed by atoms with Gasteiger partial charge in [0.05, 0.1) is 8.68 Å². The maximum Gasteiger partial charge on any atom is 0.241 e. The summed E-state index contributed by atoms with van der Waals surface area (Å²) in [6.45, 7) is 2.56. The van der Waals surface area contributed by atoms with Crippen LogP contribution in [0.5, 0.6) is 0 Å². The van der Waals surface area contributed by atoms with Gasteiger partial charge in [-0.15, -0.1) is 22.7 Å². The number of nitrogens with one attached hydrogen (secondary N) is 1. The fourth-order valence-electron chi connectivity index (χ4n) is 1.76. The Morgan fingerprint density at radius 1 is 1.30 bits per heavy atom. The van der Waals surface area contributed by atoms with Crippen LogP contribution in [0.4, 0.5) is 0 Å². The third kappa shape index (κ3) is 3.90. The molecule has 0 radical (unpaired) electrons. The molecule has 0 spiro atoms. The zero-order valence-corrected chi connectivity index (χ0v) is 14.9. The average Bonchev–Trinajstić information content (AvgIpc) is 2.95. The molecule has 20 heavy (non-hydrogen) atoms. The van der Waals surface area contributed by atoms with Gasteiger partial charge < -0.3 is 5.73 Å². The van der Waals surface area contributed by atoms with Gasteiger partial charge in [-0.05, 0) is 47.5 Å². The zero-order chi connectivity index (χ0) is 14.8. The summed E-state index contributed by atoms with van der Waals surface area (Å²) in [5, 5.41) is 0. The summed E-state index contributed by atoms with van der Waals surface area (Å²) in [5.74, 6) is 0. The average molecular weight is 395 g/mol. The minimum Gasteiger partial charge on any atom is -0.326 e. The molecule has 0 aliphatic carbocycles. The molecule has 4 nitrogen and oxygen atoms in total. The van der Waals surface area contributed by atoms with E-state index in [4.69, 9.17) is 5.73 Å². The molecule has 2 aromatic heterocycles. The fraction of sp³-hybridized carbons (Fsp3) is 0.333. The molecule has 0 atom stereocenters. The van der Waals surface area contributed by atoms with Crippen molar-refractivity contribution < 1.29 is 8.42 Å². The Hall–Kier alpha value is -0.250. The normalized spacial score (nSPS) is 11.9. The first-order valence-corrected chi connectivity index (χ1v) is 9.86. The summed E-state index contributed by atoms with van der Waals surface area (Å²) in [7, 11) is -3.45. The molecule has 3 N–H and O–H groups in total. The van der Waals surface area contributed by atoms with Crippen LogP contribution in [0.3, 0.4) is 0 Å². The van der Waals surface area contributed by atoms with Crippen LogP contribution < -0.4 is 10.5 Å². The van der Waals surface area contributed by atoms with Gasteiger partial charge in [0.2, 0.25) is 10.0 Å². The molecule has 0 aromatic carbocycles. The van der Waals surface area contributed by atoms with Crippen molar-refractivity contribution in [2.24, 2.45) is 5.73 Å². The van der Waals surface area contributed by atoms with Crippen molar-refractivity contribution in [3.05, 3.63) is 36.6 Å². The second kappa shape index (κ2) is 6.67. The Labute approximate surface area is 135 Å². The quantitative estimate of drug-likeness (QED) is 0.790. The second-order valence-corrected chi connectivity index (χ2v) is 9.81. The molecule has 0 unspecified atom stereocenters. The Morgan fingerprint density at radius 2 is 2.05 bits per heavy atom. The van der Waals surface area contributed by atoms with Crippen LogP contribution in [-0.2, 0) is 23.0 Å². The number of hydrogen-bond donors (Lipinski definition) is 2. The van der Waals surface area contributed by atoms with Crippen molar-refractivity contribution in [1.29, 1.82) is 0 Å². The highest BCUT2D eigenvalue weighted by Crippen LogP contribution is 2.25. The smallest absolute Gasteiger partial charge is 0.241 e. The first-order valence-electron chi connectivity index (χ1n) is 5.95. The highest BCUT2D eigenvalue weighted by molar-refractivity contribution is 9.11. The van der Waals surface area contributed by atoms with Gasteiger partial charge in [0.1, 0.15) is 0 Å². The van der Waals surface area contributed by atoms with Crippen molar-refractivity contribution in [2.75, 3.05) is 6.54 Å². The van der Waals surface area contributed by atoms with Crippen LogP contribution in [0, 0.1) is 6.92 Å². The molecular formula is C12H15BrN2O2S3. The lowest BCUT2D eigenvalue weighted by atomic mass is 10.3. The van der Waals surface area contributed by atoms with E-state index in [0.29, 0.717) is 24.4 Å². The van der Waals surface area contributed by atoms with Gasteiger partial charge in [-0.2, -0.15) is 0 Å². The zero-order valence-electron chi connectivity index (χ0n) is 10.8. The van der Waals surface area contributed by atoms with E-state index >= 15 is 0 Å². The molecule has 0 aliphatic rings. The van der Waals surface area contributed by atoms with Crippen LogP contribution in [-0.4, -0.2) is 15.0 Å². The molecule has 2 heterocycles. The lowest BCUT2D eigenvalue weighted by Crippen LogP contribution is -2.26. The van der Waals surface area contributed by atoms with E-state index in [0.717, 1.165) is 18.4 Å². The van der Waals surface area contributed by atoms with Gasteiger partial charge in [-0.3, -0.25) is 0 Å². The van der Waals surface area contributed by atoms with Crippen LogP contribution in [0.15, 0.2) is 26.9 Å².